The Balaban J connectivity index is 1.21. The van der Waals surface area contributed by atoms with E-state index in [1.165, 1.54) is 24.3 Å². The maximum atomic E-state index is 13.3. The Labute approximate surface area is 181 Å². The van der Waals surface area contributed by atoms with E-state index in [1.54, 1.807) is 6.07 Å². The Morgan fingerprint density at radius 3 is 2.41 bits per heavy atom. The summed E-state index contributed by atoms with van der Waals surface area (Å²) in [5, 5.41) is 7.95. The maximum Gasteiger partial charge on any atom is 0.416 e. The smallest absolute Gasteiger partial charge is 0.416 e. The highest BCUT2D eigenvalue weighted by Crippen LogP contribution is 2.30. The summed E-state index contributed by atoms with van der Waals surface area (Å²) < 4.78 is 61.9. The summed E-state index contributed by atoms with van der Waals surface area (Å²) in [5.41, 5.74) is 2.01. The largest absolute Gasteiger partial charge is 0.494 e. The van der Waals surface area contributed by atoms with E-state index >= 15 is 0 Å². The highest BCUT2D eigenvalue weighted by atomic mass is 19.4. The molecule has 1 N–H and O–H groups in total. The molecule has 0 saturated carbocycles. The minimum absolute atomic E-state index is 0.377. The molecule has 0 bridgehead atoms. The van der Waals surface area contributed by atoms with Crippen molar-refractivity contribution in [3.63, 3.8) is 0 Å². The van der Waals surface area contributed by atoms with Crippen molar-refractivity contribution in [3.05, 3.63) is 83.7 Å². The maximum absolute atomic E-state index is 13.3. The first-order valence-corrected chi connectivity index (χ1v) is 10.1. The molecule has 0 fully saturated rings. The number of rotatable bonds is 8. The Hall–Kier alpha value is -3.39. The van der Waals surface area contributed by atoms with Crippen LogP contribution in [0.4, 0.5) is 17.6 Å². The number of nitrogens with one attached hydrogen (secondary N) is 1. The first-order chi connectivity index (χ1) is 15.4. The topological polar surface area (TPSA) is 47.3 Å². The molecule has 1 heterocycles. The van der Waals surface area contributed by atoms with Crippen LogP contribution in [0.1, 0.15) is 17.5 Å². The molecule has 0 saturated heterocycles. The van der Waals surface area contributed by atoms with Gasteiger partial charge in [-0.25, -0.2) is 4.39 Å². The third-order valence-electron chi connectivity index (χ3n) is 4.94. The Kier molecular flexibility index (Phi) is 6.41. The Bertz CT molecular complexity index is 1170. The fourth-order valence-corrected chi connectivity index (χ4v) is 3.26. The van der Waals surface area contributed by atoms with Gasteiger partial charge in [-0.3, -0.25) is 0 Å². The quantitative estimate of drug-likeness (QED) is 0.259. The summed E-state index contributed by atoms with van der Waals surface area (Å²) in [5.74, 6) is 0.327. The lowest BCUT2D eigenvalue weighted by Crippen LogP contribution is -2.17. The molecule has 1 aromatic heterocycles. The molecule has 0 amide bonds. The van der Waals surface area contributed by atoms with Crippen molar-refractivity contribution in [2.45, 2.75) is 19.1 Å². The molecular weight excluding hydrogens is 424 g/mol. The number of hydrogen-bond acceptors (Lipinski definition) is 4. The molecule has 3 aromatic carbocycles. The first-order valence-electron chi connectivity index (χ1n) is 10.1. The van der Waals surface area contributed by atoms with Gasteiger partial charge in [0.2, 0.25) is 0 Å². The van der Waals surface area contributed by atoms with Gasteiger partial charge in [0.05, 0.1) is 12.2 Å². The van der Waals surface area contributed by atoms with Crippen LogP contribution >= 0.6 is 0 Å². The highest BCUT2D eigenvalue weighted by molar-refractivity contribution is 5.91. The molecule has 166 valence electrons. The van der Waals surface area contributed by atoms with Crippen LogP contribution in [0.5, 0.6) is 5.75 Å². The van der Waals surface area contributed by atoms with Gasteiger partial charge in [0.15, 0.2) is 5.58 Å². The lowest BCUT2D eigenvalue weighted by atomic mass is 10.1. The van der Waals surface area contributed by atoms with E-state index in [0.717, 1.165) is 35.1 Å². The van der Waals surface area contributed by atoms with Crippen LogP contribution in [-0.2, 0) is 12.7 Å². The van der Waals surface area contributed by atoms with Crippen molar-refractivity contribution >= 4 is 11.0 Å². The van der Waals surface area contributed by atoms with E-state index in [1.807, 2.05) is 24.3 Å². The summed E-state index contributed by atoms with van der Waals surface area (Å²) >= 11 is 0. The van der Waals surface area contributed by atoms with Crippen LogP contribution in [0.3, 0.4) is 0 Å². The van der Waals surface area contributed by atoms with Crippen LogP contribution < -0.4 is 10.1 Å². The molecule has 0 unspecified atom stereocenters. The van der Waals surface area contributed by atoms with Gasteiger partial charge in [0.1, 0.15) is 17.3 Å². The Morgan fingerprint density at radius 2 is 1.69 bits per heavy atom. The second-order valence-electron chi connectivity index (χ2n) is 7.27. The average Bonchev–Trinajstić information content (AvgIpc) is 3.19. The van der Waals surface area contributed by atoms with Crippen LogP contribution in [0.15, 0.2) is 71.3 Å². The van der Waals surface area contributed by atoms with Crippen molar-refractivity contribution in [1.29, 1.82) is 0 Å². The zero-order chi connectivity index (χ0) is 22.6. The molecule has 0 aliphatic carbocycles. The zero-order valence-corrected chi connectivity index (χ0v) is 17.0. The minimum atomic E-state index is -4.32. The van der Waals surface area contributed by atoms with Gasteiger partial charge in [-0.2, -0.15) is 13.2 Å². The summed E-state index contributed by atoms with van der Waals surface area (Å²) in [6.45, 7) is 1.65. The van der Waals surface area contributed by atoms with Crippen molar-refractivity contribution in [2.75, 3.05) is 13.2 Å². The van der Waals surface area contributed by atoms with Crippen LogP contribution in [0.2, 0.25) is 0 Å². The zero-order valence-electron chi connectivity index (χ0n) is 17.0. The lowest BCUT2D eigenvalue weighted by molar-refractivity contribution is -0.137. The molecule has 0 radical (unpaired) electrons. The van der Waals surface area contributed by atoms with Crippen LogP contribution in [-0.4, -0.2) is 18.3 Å². The Morgan fingerprint density at radius 1 is 0.938 bits per heavy atom. The predicted molar refractivity (Wildman–Crippen MR) is 113 cm³/mol. The van der Waals surface area contributed by atoms with Crippen molar-refractivity contribution in [1.82, 2.24) is 10.5 Å². The number of halogens is 4. The number of hydrogen-bond donors (Lipinski definition) is 1. The molecule has 32 heavy (non-hydrogen) atoms. The number of ether oxygens (including phenoxy) is 1. The minimum Gasteiger partial charge on any atom is -0.494 e. The van der Waals surface area contributed by atoms with Gasteiger partial charge in [-0.15, -0.1) is 0 Å². The van der Waals surface area contributed by atoms with Gasteiger partial charge in [-0.1, -0.05) is 17.3 Å². The van der Waals surface area contributed by atoms with Gasteiger partial charge in [0, 0.05) is 23.6 Å². The molecule has 4 rings (SSSR count). The summed E-state index contributed by atoms with van der Waals surface area (Å²) in [6.07, 6.45) is -3.58. The average molecular weight is 444 g/mol. The van der Waals surface area contributed by atoms with E-state index in [9.17, 15) is 17.6 Å². The van der Waals surface area contributed by atoms with Crippen molar-refractivity contribution in [2.24, 2.45) is 0 Å². The summed E-state index contributed by atoms with van der Waals surface area (Å²) in [6, 6.07) is 16.8. The second kappa shape index (κ2) is 9.40. The van der Waals surface area contributed by atoms with Gasteiger partial charge >= 0.3 is 6.18 Å². The molecular formula is C24H20F4N2O2. The second-order valence-corrected chi connectivity index (χ2v) is 7.27. The molecule has 4 nitrogen and oxygen atoms in total. The normalized spacial score (nSPS) is 11.8. The number of benzene rings is 3. The predicted octanol–water partition coefficient (Wildman–Crippen LogP) is 6.21. The third-order valence-corrected chi connectivity index (χ3v) is 4.94. The van der Waals surface area contributed by atoms with Crippen LogP contribution in [0, 0.1) is 5.82 Å². The number of nitrogens with zero attached hydrogens (tertiary/aromatic N) is 1. The molecule has 0 spiro atoms. The molecule has 0 atom stereocenters. The summed E-state index contributed by atoms with van der Waals surface area (Å²) in [7, 11) is 0. The number of fused-ring (bicyclic) bond motifs is 1. The molecule has 0 aliphatic heterocycles. The fourth-order valence-electron chi connectivity index (χ4n) is 3.26. The third kappa shape index (κ3) is 5.26. The van der Waals surface area contributed by atoms with E-state index in [-0.39, 0.29) is 5.82 Å². The van der Waals surface area contributed by atoms with Crippen molar-refractivity contribution < 1.29 is 26.8 Å². The highest BCUT2D eigenvalue weighted by Gasteiger charge is 2.29. The SMILES string of the molecule is Fc1ccc2c(-c3ccc(OCCCNCc4ccc(C(F)(F)F)cc4)cc3)noc2c1. The van der Waals surface area contributed by atoms with E-state index in [2.05, 4.69) is 10.5 Å². The van der Waals surface area contributed by atoms with E-state index in [0.29, 0.717) is 36.7 Å². The number of aromatic nitrogens is 1. The summed E-state index contributed by atoms with van der Waals surface area (Å²) in [4.78, 5) is 0. The molecule has 4 aromatic rings. The van der Waals surface area contributed by atoms with Gasteiger partial charge in [0.25, 0.3) is 0 Å². The first kappa shape index (κ1) is 21.8. The fraction of sp³-hybridized carbons (Fsp3) is 0.208. The molecule has 8 heteroatoms. The van der Waals surface area contributed by atoms with Crippen LogP contribution in [0.25, 0.3) is 22.2 Å². The molecule has 0 aliphatic rings. The number of alkyl halides is 3. The standard InChI is InChI=1S/C24H20F4N2O2/c25-19-8-11-21-22(14-19)32-30-23(21)17-4-9-20(10-5-17)31-13-1-12-29-15-16-2-6-18(7-3-16)24(26,27)28/h2-11,14,29H,1,12-13,15H2. The monoisotopic (exact) mass is 444 g/mol. The lowest BCUT2D eigenvalue weighted by Gasteiger charge is -2.09. The van der Waals surface area contributed by atoms with Crippen molar-refractivity contribution in [3.8, 4) is 17.0 Å². The van der Waals surface area contributed by atoms with Gasteiger partial charge in [-0.05, 0) is 67.1 Å². The van der Waals surface area contributed by atoms with E-state index in [4.69, 9.17) is 9.26 Å². The van der Waals surface area contributed by atoms with Gasteiger partial charge < -0.3 is 14.6 Å². The van der Waals surface area contributed by atoms with E-state index < -0.39 is 11.7 Å².